The van der Waals surface area contributed by atoms with Gasteiger partial charge in [-0.05, 0) is 23.6 Å². The van der Waals surface area contributed by atoms with Crippen molar-refractivity contribution < 1.29 is 19.1 Å². The minimum absolute atomic E-state index is 0.184. The summed E-state index contributed by atoms with van der Waals surface area (Å²) >= 11 is 0. The van der Waals surface area contributed by atoms with Gasteiger partial charge in [-0.25, -0.2) is 4.79 Å². The molecule has 2 aromatic rings. The van der Waals surface area contributed by atoms with Gasteiger partial charge in [-0.3, -0.25) is 14.5 Å². The zero-order valence-corrected chi connectivity index (χ0v) is 18.1. The highest BCUT2D eigenvalue weighted by molar-refractivity contribution is 6.05. The minimum Gasteiger partial charge on any atom is -0.496 e. The Balaban J connectivity index is 1.40. The first-order chi connectivity index (χ1) is 15.5. The molecule has 32 heavy (non-hydrogen) atoms. The fourth-order valence-electron chi connectivity index (χ4n) is 4.17. The van der Waals surface area contributed by atoms with Crippen molar-refractivity contribution in [2.45, 2.75) is 25.0 Å². The third-order valence-electron chi connectivity index (χ3n) is 5.79. The van der Waals surface area contributed by atoms with Crippen molar-refractivity contribution in [1.82, 2.24) is 20.4 Å². The molecule has 2 heterocycles. The number of fused-ring (bicyclic) bond motifs is 1. The van der Waals surface area contributed by atoms with Gasteiger partial charge in [0.15, 0.2) is 0 Å². The van der Waals surface area contributed by atoms with Gasteiger partial charge < -0.3 is 20.3 Å². The highest BCUT2D eigenvalue weighted by atomic mass is 16.5. The molecule has 166 valence electrons. The predicted molar refractivity (Wildman–Crippen MR) is 119 cm³/mol. The summed E-state index contributed by atoms with van der Waals surface area (Å²) in [5, 5.41) is 5.74. The van der Waals surface area contributed by atoms with E-state index >= 15 is 0 Å². The molecule has 0 aromatic heterocycles. The predicted octanol–water partition coefficient (Wildman–Crippen LogP) is 1.67. The molecule has 4 rings (SSSR count). The average Bonchev–Trinajstić information content (AvgIpc) is 3.13. The van der Waals surface area contributed by atoms with Crippen LogP contribution in [0.5, 0.6) is 5.75 Å². The highest BCUT2D eigenvalue weighted by Crippen LogP contribution is 2.27. The van der Waals surface area contributed by atoms with E-state index in [9.17, 15) is 14.4 Å². The van der Waals surface area contributed by atoms with E-state index in [2.05, 4.69) is 10.6 Å². The molecule has 4 amide bonds. The first kappa shape index (κ1) is 21.4. The Kier molecular flexibility index (Phi) is 6.11. The Morgan fingerprint density at radius 3 is 2.56 bits per heavy atom. The monoisotopic (exact) mass is 434 g/mol. The van der Waals surface area contributed by atoms with Gasteiger partial charge in [0.2, 0.25) is 0 Å². The van der Waals surface area contributed by atoms with Crippen LogP contribution in [0.1, 0.15) is 11.1 Å². The number of hydrogen-bond donors (Lipinski definition) is 2. The van der Waals surface area contributed by atoms with Crippen LogP contribution >= 0.6 is 0 Å². The summed E-state index contributed by atoms with van der Waals surface area (Å²) in [6.07, 6.45) is 2.24. The van der Waals surface area contributed by atoms with E-state index in [1.165, 1.54) is 4.90 Å². The number of nitrogens with one attached hydrogen (secondary N) is 2. The topological polar surface area (TPSA) is 91.0 Å². The maximum Gasteiger partial charge on any atom is 0.325 e. The second-order valence-corrected chi connectivity index (χ2v) is 7.85. The number of amides is 4. The fraction of sp³-hybridized carbons (Fsp3) is 0.292. The van der Waals surface area contributed by atoms with E-state index in [-0.39, 0.29) is 18.4 Å². The van der Waals surface area contributed by atoms with Gasteiger partial charge in [-0.1, -0.05) is 48.5 Å². The highest BCUT2D eigenvalue weighted by Gasteiger charge is 2.49. The zero-order chi connectivity index (χ0) is 22.7. The number of ether oxygens (including phenoxy) is 1. The van der Waals surface area contributed by atoms with Crippen molar-refractivity contribution >= 4 is 17.8 Å². The Morgan fingerprint density at radius 1 is 1.09 bits per heavy atom. The summed E-state index contributed by atoms with van der Waals surface area (Å²) in [6.45, 7) is 0.586. The molecule has 2 aliphatic heterocycles. The van der Waals surface area contributed by atoms with Crippen molar-refractivity contribution in [3.63, 3.8) is 0 Å². The third kappa shape index (κ3) is 4.16. The summed E-state index contributed by atoms with van der Waals surface area (Å²) in [7, 11) is 3.35. The van der Waals surface area contributed by atoms with Gasteiger partial charge in [0.25, 0.3) is 11.8 Å². The van der Waals surface area contributed by atoms with Crippen molar-refractivity contribution in [3.8, 4) is 5.75 Å². The van der Waals surface area contributed by atoms with Crippen molar-refractivity contribution in [3.05, 3.63) is 77.5 Å². The van der Waals surface area contributed by atoms with E-state index in [0.29, 0.717) is 18.5 Å². The van der Waals surface area contributed by atoms with Crippen LogP contribution in [0.25, 0.3) is 0 Å². The fourth-order valence-corrected chi connectivity index (χ4v) is 4.17. The molecule has 8 heteroatoms. The lowest BCUT2D eigenvalue weighted by atomic mass is 9.99. The van der Waals surface area contributed by atoms with E-state index in [1.54, 1.807) is 25.3 Å². The zero-order valence-electron chi connectivity index (χ0n) is 18.1. The lowest BCUT2D eigenvalue weighted by molar-refractivity contribution is -0.135. The van der Waals surface area contributed by atoms with Crippen LogP contribution in [0.2, 0.25) is 0 Å². The number of benzene rings is 2. The van der Waals surface area contributed by atoms with Crippen LogP contribution in [-0.2, 0) is 22.6 Å². The second-order valence-electron chi connectivity index (χ2n) is 7.85. The molecule has 0 bridgehead atoms. The number of para-hydroxylation sites is 1. The van der Waals surface area contributed by atoms with Crippen molar-refractivity contribution in [2.24, 2.45) is 0 Å². The molecule has 2 N–H and O–H groups in total. The summed E-state index contributed by atoms with van der Waals surface area (Å²) in [5.41, 5.74) is 2.22. The molecule has 2 aromatic carbocycles. The molecule has 0 spiro atoms. The lowest BCUT2D eigenvalue weighted by Gasteiger charge is -2.37. The number of hydrogen-bond acceptors (Lipinski definition) is 5. The van der Waals surface area contributed by atoms with Crippen LogP contribution in [0, 0.1) is 0 Å². The Labute approximate surface area is 186 Å². The molecule has 8 nitrogen and oxygen atoms in total. The van der Waals surface area contributed by atoms with Gasteiger partial charge in [0, 0.05) is 19.8 Å². The largest absolute Gasteiger partial charge is 0.496 e. The summed E-state index contributed by atoms with van der Waals surface area (Å²) < 4.78 is 5.34. The first-order valence-corrected chi connectivity index (χ1v) is 10.5. The number of urea groups is 1. The molecular weight excluding hydrogens is 408 g/mol. The minimum atomic E-state index is -0.682. The maximum atomic E-state index is 13.1. The Morgan fingerprint density at radius 2 is 1.81 bits per heavy atom. The summed E-state index contributed by atoms with van der Waals surface area (Å²) in [4.78, 5) is 41.6. The maximum absolute atomic E-state index is 13.1. The molecule has 1 saturated heterocycles. The van der Waals surface area contributed by atoms with Gasteiger partial charge in [-0.15, -0.1) is 0 Å². The van der Waals surface area contributed by atoms with Crippen LogP contribution < -0.4 is 15.4 Å². The van der Waals surface area contributed by atoms with Crippen molar-refractivity contribution in [2.75, 3.05) is 20.7 Å². The van der Waals surface area contributed by atoms with Gasteiger partial charge in [-0.2, -0.15) is 0 Å². The number of carbonyl (C=O) groups excluding carboxylic acids is 3. The summed E-state index contributed by atoms with van der Waals surface area (Å²) in [6, 6.07) is 15.1. The Bertz CT molecular complexity index is 1050. The van der Waals surface area contributed by atoms with Gasteiger partial charge in [0.05, 0.1) is 25.3 Å². The van der Waals surface area contributed by atoms with Crippen LogP contribution in [0.4, 0.5) is 4.79 Å². The number of rotatable bonds is 7. The quantitative estimate of drug-likeness (QED) is 0.692. The SMILES string of the molecule is COc1ccccc1CCNC(=O)C1=CN(C)C2C(=O)N(Cc3ccccc3)C(=O)NC12. The second kappa shape index (κ2) is 9.13. The van der Waals surface area contributed by atoms with Crippen LogP contribution in [0.15, 0.2) is 66.4 Å². The molecule has 0 aliphatic carbocycles. The molecule has 0 radical (unpaired) electrons. The standard InChI is InChI=1S/C24H26N4O4/c1-27-15-18(22(29)25-13-12-17-10-6-7-11-19(17)32-2)20-21(27)23(30)28(24(31)26-20)14-16-8-4-3-5-9-16/h3-11,15,20-21H,12-14H2,1-2H3,(H,25,29)(H,26,31). The molecule has 2 unspecified atom stereocenters. The third-order valence-corrected chi connectivity index (χ3v) is 5.79. The smallest absolute Gasteiger partial charge is 0.325 e. The number of carbonyl (C=O) groups is 3. The normalized spacial score (nSPS) is 19.9. The number of imide groups is 1. The molecule has 0 saturated carbocycles. The van der Waals surface area contributed by atoms with Gasteiger partial charge >= 0.3 is 6.03 Å². The Hall–Kier alpha value is -3.81. The number of likely N-dealkylation sites (N-methyl/N-ethyl adjacent to an activating group) is 1. The van der Waals surface area contributed by atoms with E-state index in [0.717, 1.165) is 16.9 Å². The molecule has 2 aliphatic rings. The number of nitrogens with zero attached hydrogens (tertiary/aromatic N) is 2. The molecule has 1 fully saturated rings. The van der Waals surface area contributed by atoms with Crippen LogP contribution in [0.3, 0.4) is 0 Å². The van der Waals surface area contributed by atoms with E-state index in [4.69, 9.17) is 4.74 Å². The molecule has 2 atom stereocenters. The van der Waals surface area contributed by atoms with E-state index < -0.39 is 18.1 Å². The first-order valence-electron chi connectivity index (χ1n) is 10.5. The average molecular weight is 434 g/mol. The van der Waals surface area contributed by atoms with Crippen LogP contribution in [-0.4, -0.2) is 60.4 Å². The van der Waals surface area contributed by atoms with Crippen molar-refractivity contribution in [1.29, 1.82) is 0 Å². The number of methoxy groups -OCH3 is 1. The summed E-state index contributed by atoms with van der Waals surface area (Å²) in [5.74, 6) is 0.146. The van der Waals surface area contributed by atoms with E-state index in [1.807, 2.05) is 54.6 Å². The molecular formula is C24H26N4O4. The van der Waals surface area contributed by atoms with Gasteiger partial charge in [0.1, 0.15) is 11.8 Å². The lowest BCUT2D eigenvalue weighted by Crippen LogP contribution is -2.64.